The molecule has 0 radical (unpaired) electrons. The molecule has 0 saturated carbocycles. The van der Waals surface area contributed by atoms with E-state index in [-0.39, 0.29) is 24.0 Å². The summed E-state index contributed by atoms with van der Waals surface area (Å²) >= 11 is 3.52. The quantitative estimate of drug-likeness (QED) is 0.371. The number of nitrogens with zero attached hydrogens (tertiary/aromatic N) is 4. The molecule has 142 valence electrons. The van der Waals surface area contributed by atoms with E-state index < -0.39 is 0 Å². The lowest BCUT2D eigenvalue weighted by Crippen LogP contribution is -2.39. The van der Waals surface area contributed by atoms with E-state index in [1.54, 1.807) is 0 Å². The number of halogens is 2. The molecule has 5 nitrogen and oxygen atoms in total. The van der Waals surface area contributed by atoms with Gasteiger partial charge in [0.1, 0.15) is 0 Å². The Bertz CT molecular complexity index is 758. The van der Waals surface area contributed by atoms with E-state index in [1.807, 2.05) is 25.0 Å². The lowest BCUT2D eigenvalue weighted by Gasteiger charge is -2.22. The number of aryl methyl sites for hydroxylation is 2. The fraction of sp³-hybridized carbons (Fsp3) is 0.474. The molecule has 1 atom stereocenters. The Kier molecular flexibility index (Phi) is 7.94. The van der Waals surface area contributed by atoms with Gasteiger partial charge >= 0.3 is 0 Å². The van der Waals surface area contributed by atoms with Gasteiger partial charge in [-0.3, -0.25) is 9.67 Å². The number of rotatable bonds is 4. The van der Waals surface area contributed by atoms with Crippen molar-refractivity contribution in [3.8, 4) is 0 Å². The van der Waals surface area contributed by atoms with Crippen molar-refractivity contribution in [2.75, 3.05) is 20.1 Å². The van der Waals surface area contributed by atoms with Crippen molar-refractivity contribution in [3.63, 3.8) is 0 Å². The normalized spacial score (nSPS) is 17.3. The van der Waals surface area contributed by atoms with Crippen LogP contribution in [0.25, 0.3) is 0 Å². The zero-order chi connectivity index (χ0) is 17.8. The molecule has 0 amide bonds. The second-order valence-corrected chi connectivity index (χ2v) is 7.71. The molecule has 3 rings (SSSR count). The molecule has 0 spiro atoms. The first kappa shape index (κ1) is 21.2. The molecule has 2 heterocycles. The minimum atomic E-state index is 0. The summed E-state index contributed by atoms with van der Waals surface area (Å²) in [5.41, 5.74) is 3.91. The van der Waals surface area contributed by atoms with Crippen LogP contribution in [0.15, 0.2) is 40.1 Å². The Morgan fingerprint density at radius 3 is 2.88 bits per heavy atom. The van der Waals surface area contributed by atoms with E-state index in [0.29, 0.717) is 5.92 Å². The van der Waals surface area contributed by atoms with E-state index in [2.05, 4.69) is 67.6 Å². The summed E-state index contributed by atoms with van der Waals surface area (Å²) in [4.78, 5) is 6.85. The zero-order valence-corrected chi connectivity index (χ0v) is 19.5. The predicted octanol–water partition coefficient (Wildman–Crippen LogP) is 3.75. The highest BCUT2D eigenvalue weighted by Gasteiger charge is 2.25. The van der Waals surface area contributed by atoms with Crippen molar-refractivity contribution >= 4 is 45.9 Å². The second kappa shape index (κ2) is 9.73. The largest absolute Gasteiger partial charge is 0.352 e. The van der Waals surface area contributed by atoms with Gasteiger partial charge in [0.25, 0.3) is 0 Å². The Balaban J connectivity index is 0.00000243. The molecule has 0 aliphatic carbocycles. The van der Waals surface area contributed by atoms with Crippen LogP contribution in [0.4, 0.5) is 0 Å². The maximum absolute atomic E-state index is 4.48. The van der Waals surface area contributed by atoms with Crippen LogP contribution < -0.4 is 5.32 Å². The number of likely N-dealkylation sites (tertiary alicyclic amines) is 1. The highest BCUT2D eigenvalue weighted by molar-refractivity contribution is 14.0. The fourth-order valence-electron chi connectivity index (χ4n) is 3.47. The molecule has 1 unspecified atom stereocenters. The Morgan fingerprint density at radius 2 is 2.23 bits per heavy atom. The summed E-state index contributed by atoms with van der Waals surface area (Å²) in [7, 11) is 3.84. The summed E-state index contributed by atoms with van der Waals surface area (Å²) in [5, 5.41) is 7.79. The molecular weight excluding hydrogens is 505 g/mol. The second-order valence-electron chi connectivity index (χ2n) is 6.80. The van der Waals surface area contributed by atoms with Crippen LogP contribution in [0.3, 0.4) is 0 Å². The van der Waals surface area contributed by atoms with Crippen LogP contribution >= 0.6 is 39.9 Å². The van der Waals surface area contributed by atoms with Gasteiger partial charge in [-0.25, -0.2) is 0 Å². The zero-order valence-electron chi connectivity index (χ0n) is 15.6. The molecule has 7 heteroatoms. The van der Waals surface area contributed by atoms with Crippen LogP contribution in [0.1, 0.15) is 23.1 Å². The van der Waals surface area contributed by atoms with Gasteiger partial charge in [0.05, 0.1) is 6.20 Å². The summed E-state index contributed by atoms with van der Waals surface area (Å²) < 4.78 is 3.00. The van der Waals surface area contributed by atoms with E-state index in [9.17, 15) is 0 Å². The van der Waals surface area contributed by atoms with Gasteiger partial charge in [-0.2, -0.15) is 5.10 Å². The smallest absolute Gasteiger partial charge is 0.193 e. The van der Waals surface area contributed by atoms with Crippen LogP contribution in [0.2, 0.25) is 0 Å². The van der Waals surface area contributed by atoms with Gasteiger partial charge in [-0.15, -0.1) is 24.0 Å². The SMILES string of the molecule is CN=C(NCc1ccc(Br)cc1C)N1CCC(Cc2cnn(C)c2)C1.I. The molecular formula is C19H27BrIN5. The number of hydrogen-bond donors (Lipinski definition) is 1. The number of aromatic nitrogens is 2. The van der Waals surface area contributed by atoms with Gasteiger partial charge in [0.2, 0.25) is 0 Å². The Morgan fingerprint density at radius 1 is 1.42 bits per heavy atom. The van der Waals surface area contributed by atoms with E-state index in [1.165, 1.54) is 23.1 Å². The van der Waals surface area contributed by atoms with Gasteiger partial charge in [-0.05, 0) is 54.5 Å². The minimum absolute atomic E-state index is 0. The van der Waals surface area contributed by atoms with Crippen molar-refractivity contribution < 1.29 is 0 Å². The van der Waals surface area contributed by atoms with Crippen molar-refractivity contribution in [3.05, 3.63) is 51.8 Å². The van der Waals surface area contributed by atoms with Crippen molar-refractivity contribution in [2.24, 2.45) is 18.0 Å². The summed E-state index contributed by atoms with van der Waals surface area (Å²) in [6.45, 7) is 5.05. The number of guanidine groups is 1. The molecule has 1 aliphatic heterocycles. The topological polar surface area (TPSA) is 45.5 Å². The van der Waals surface area contributed by atoms with E-state index >= 15 is 0 Å². The number of aliphatic imine (C=N–C) groups is 1. The summed E-state index contributed by atoms with van der Waals surface area (Å²) in [6, 6.07) is 6.40. The minimum Gasteiger partial charge on any atom is -0.352 e. The lowest BCUT2D eigenvalue weighted by atomic mass is 10.0. The number of benzene rings is 1. The standard InChI is InChI=1S/C19H26BrN5.HI/c1-14-8-18(20)5-4-17(14)11-22-19(21-2)25-7-6-15(13-25)9-16-10-23-24(3)12-16;/h4-5,8,10,12,15H,6-7,9,11,13H2,1-3H3,(H,21,22);1H. The molecule has 1 fully saturated rings. The molecule has 1 aromatic heterocycles. The maximum Gasteiger partial charge on any atom is 0.193 e. The van der Waals surface area contributed by atoms with Gasteiger partial charge < -0.3 is 10.2 Å². The highest BCUT2D eigenvalue weighted by atomic mass is 127. The monoisotopic (exact) mass is 531 g/mol. The first-order valence-corrected chi connectivity index (χ1v) is 9.52. The molecule has 1 aromatic carbocycles. The molecule has 1 N–H and O–H groups in total. The third kappa shape index (κ3) is 5.45. The van der Waals surface area contributed by atoms with E-state index in [4.69, 9.17) is 0 Å². The first-order valence-electron chi connectivity index (χ1n) is 8.73. The number of nitrogens with one attached hydrogen (secondary N) is 1. The molecule has 0 bridgehead atoms. The van der Waals surface area contributed by atoms with Crippen LogP contribution in [-0.2, 0) is 20.0 Å². The Hall–Kier alpha value is -1.09. The average Bonchev–Trinajstić information content (AvgIpc) is 3.19. The summed E-state index contributed by atoms with van der Waals surface area (Å²) in [6.07, 6.45) is 6.39. The molecule has 2 aromatic rings. The maximum atomic E-state index is 4.48. The molecule has 1 saturated heterocycles. The number of hydrogen-bond acceptors (Lipinski definition) is 2. The molecule has 26 heavy (non-hydrogen) atoms. The first-order chi connectivity index (χ1) is 12.0. The van der Waals surface area contributed by atoms with Gasteiger partial charge in [0.15, 0.2) is 5.96 Å². The lowest BCUT2D eigenvalue weighted by molar-refractivity contribution is 0.459. The van der Waals surface area contributed by atoms with Crippen molar-refractivity contribution in [1.29, 1.82) is 0 Å². The van der Waals surface area contributed by atoms with E-state index in [0.717, 1.165) is 36.5 Å². The average molecular weight is 532 g/mol. The predicted molar refractivity (Wildman–Crippen MR) is 121 cm³/mol. The van der Waals surface area contributed by atoms with Crippen molar-refractivity contribution in [1.82, 2.24) is 20.0 Å². The third-order valence-corrected chi connectivity index (χ3v) is 5.31. The van der Waals surface area contributed by atoms with Crippen LogP contribution in [-0.4, -0.2) is 40.8 Å². The highest BCUT2D eigenvalue weighted by Crippen LogP contribution is 2.21. The Labute approximate surface area is 181 Å². The van der Waals surface area contributed by atoms with Crippen LogP contribution in [0, 0.1) is 12.8 Å². The third-order valence-electron chi connectivity index (χ3n) is 4.82. The van der Waals surface area contributed by atoms with Gasteiger partial charge in [0, 0.05) is 44.4 Å². The fourth-order valence-corrected chi connectivity index (χ4v) is 3.94. The van der Waals surface area contributed by atoms with Crippen LogP contribution in [0.5, 0.6) is 0 Å². The summed E-state index contributed by atoms with van der Waals surface area (Å²) in [5.74, 6) is 1.66. The van der Waals surface area contributed by atoms with Gasteiger partial charge in [-0.1, -0.05) is 22.0 Å². The van der Waals surface area contributed by atoms with Crippen molar-refractivity contribution in [2.45, 2.75) is 26.3 Å². The molecule has 1 aliphatic rings.